The molecule has 102 valence electrons. The summed E-state index contributed by atoms with van der Waals surface area (Å²) in [4.78, 5) is 0. The topological polar surface area (TPSA) is 30.5 Å². The molecule has 17 heavy (non-hydrogen) atoms. The third-order valence-corrected chi connectivity index (χ3v) is 3.82. The van der Waals surface area contributed by atoms with Crippen LogP contribution >= 0.6 is 0 Å². The fourth-order valence-electron chi connectivity index (χ4n) is 2.83. The molecule has 1 rings (SSSR count). The molecule has 1 aliphatic carbocycles. The van der Waals surface area contributed by atoms with E-state index in [4.69, 9.17) is 9.47 Å². The summed E-state index contributed by atoms with van der Waals surface area (Å²) in [6, 6.07) is 0.337. The van der Waals surface area contributed by atoms with E-state index in [0.717, 1.165) is 39.0 Å². The molecule has 0 radical (unpaired) electrons. The molecule has 0 aromatic carbocycles. The SMILES string of the molecule is CCCOCC(NCC)C1(OC)CCCCC1. The number of hydrogen-bond acceptors (Lipinski definition) is 3. The second kappa shape index (κ2) is 8.06. The van der Waals surface area contributed by atoms with Gasteiger partial charge in [0.05, 0.1) is 18.2 Å². The van der Waals surface area contributed by atoms with Crippen LogP contribution in [-0.2, 0) is 9.47 Å². The zero-order valence-corrected chi connectivity index (χ0v) is 11.8. The largest absolute Gasteiger partial charge is 0.380 e. The Morgan fingerprint density at radius 2 is 1.88 bits per heavy atom. The van der Waals surface area contributed by atoms with E-state index >= 15 is 0 Å². The molecule has 1 N–H and O–H groups in total. The molecule has 0 spiro atoms. The van der Waals surface area contributed by atoms with Crippen LogP contribution in [0.4, 0.5) is 0 Å². The Labute approximate surface area is 106 Å². The standard InChI is InChI=1S/C14H29NO2/c1-4-11-17-12-13(15-5-2)14(16-3)9-7-6-8-10-14/h13,15H,4-12H2,1-3H3. The molecule has 3 heteroatoms. The summed E-state index contributed by atoms with van der Waals surface area (Å²) < 4.78 is 11.6. The van der Waals surface area contributed by atoms with Gasteiger partial charge in [-0.2, -0.15) is 0 Å². The number of likely N-dealkylation sites (N-methyl/N-ethyl adjacent to an activating group) is 1. The van der Waals surface area contributed by atoms with Gasteiger partial charge >= 0.3 is 0 Å². The summed E-state index contributed by atoms with van der Waals surface area (Å²) >= 11 is 0. The van der Waals surface area contributed by atoms with Crippen molar-refractivity contribution in [3.05, 3.63) is 0 Å². The van der Waals surface area contributed by atoms with Gasteiger partial charge in [-0.05, 0) is 25.8 Å². The molecule has 0 saturated heterocycles. The van der Waals surface area contributed by atoms with Gasteiger partial charge in [0.2, 0.25) is 0 Å². The van der Waals surface area contributed by atoms with Crippen LogP contribution in [0.1, 0.15) is 52.4 Å². The van der Waals surface area contributed by atoms with E-state index in [0.29, 0.717) is 6.04 Å². The third-order valence-electron chi connectivity index (χ3n) is 3.82. The molecule has 1 atom stereocenters. The number of nitrogens with one attached hydrogen (secondary N) is 1. The van der Waals surface area contributed by atoms with Gasteiger partial charge in [-0.1, -0.05) is 33.1 Å². The monoisotopic (exact) mass is 243 g/mol. The van der Waals surface area contributed by atoms with Gasteiger partial charge in [0.25, 0.3) is 0 Å². The van der Waals surface area contributed by atoms with Crippen LogP contribution in [0.5, 0.6) is 0 Å². The molecular weight excluding hydrogens is 214 g/mol. The Hall–Kier alpha value is -0.120. The minimum absolute atomic E-state index is 0.00199. The van der Waals surface area contributed by atoms with E-state index < -0.39 is 0 Å². The fraction of sp³-hybridized carbons (Fsp3) is 1.00. The molecule has 0 amide bonds. The van der Waals surface area contributed by atoms with Crippen molar-refractivity contribution >= 4 is 0 Å². The van der Waals surface area contributed by atoms with Crippen molar-refractivity contribution in [2.45, 2.75) is 64.0 Å². The van der Waals surface area contributed by atoms with Crippen LogP contribution < -0.4 is 5.32 Å². The maximum Gasteiger partial charge on any atom is 0.0853 e. The third kappa shape index (κ3) is 4.23. The second-order valence-electron chi connectivity index (χ2n) is 5.01. The average Bonchev–Trinajstić information content (AvgIpc) is 2.39. The summed E-state index contributed by atoms with van der Waals surface area (Å²) in [6.45, 7) is 6.90. The maximum atomic E-state index is 5.88. The number of hydrogen-bond donors (Lipinski definition) is 1. The van der Waals surface area contributed by atoms with Crippen LogP contribution in [0.3, 0.4) is 0 Å². The Kier molecular flexibility index (Phi) is 7.09. The van der Waals surface area contributed by atoms with Crippen molar-refractivity contribution in [3.63, 3.8) is 0 Å². The molecule has 1 saturated carbocycles. The van der Waals surface area contributed by atoms with E-state index in [1.807, 2.05) is 7.11 Å². The van der Waals surface area contributed by atoms with Crippen LogP contribution in [0.2, 0.25) is 0 Å². The lowest BCUT2D eigenvalue weighted by molar-refractivity contribution is -0.0859. The molecular formula is C14H29NO2. The fourth-order valence-corrected chi connectivity index (χ4v) is 2.83. The highest BCUT2D eigenvalue weighted by molar-refractivity contribution is 4.95. The van der Waals surface area contributed by atoms with Crippen LogP contribution in [0.25, 0.3) is 0 Å². The maximum absolute atomic E-state index is 5.88. The summed E-state index contributed by atoms with van der Waals surface area (Å²) in [5, 5.41) is 3.55. The van der Waals surface area contributed by atoms with Crippen molar-refractivity contribution < 1.29 is 9.47 Å². The highest BCUT2D eigenvalue weighted by atomic mass is 16.5. The zero-order valence-electron chi connectivity index (χ0n) is 11.8. The second-order valence-corrected chi connectivity index (χ2v) is 5.01. The summed E-state index contributed by atoms with van der Waals surface area (Å²) in [5.74, 6) is 0. The molecule has 1 aliphatic rings. The van der Waals surface area contributed by atoms with Crippen LogP contribution in [0, 0.1) is 0 Å². The summed E-state index contributed by atoms with van der Waals surface area (Å²) in [5.41, 5.74) is 0.00199. The minimum Gasteiger partial charge on any atom is -0.380 e. The highest BCUT2D eigenvalue weighted by Crippen LogP contribution is 2.34. The van der Waals surface area contributed by atoms with Gasteiger partial charge in [-0.25, -0.2) is 0 Å². The molecule has 0 aromatic heterocycles. The molecule has 1 unspecified atom stereocenters. The van der Waals surface area contributed by atoms with Gasteiger partial charge < -0.3 is 14.8 Å². The average molecular weight is 243 g/mol. The quantitative estimate of drug-likeness (QED) is 0.665. The van der Waals surface area contributed by atoms with E-state index in [1.165, 1.54) is 19.3 Å². The molecule has 3 nitrogen and oxygen atoms in total. The van der Waals surface area contributed by atoms with Crippen LogP contribution in [0.15, 0.2) is 0 Å². The van der Waals surface area contributed by atoms with E-state index in [-0.39, 0.29) is 5.60 Å². The molecule has 0 aliphatic heterocycles. The lowest BCUT2D eigenvalue weighted by atomic mass is 9.79. The van der Waals surface area contributed by atoms with Crippen molar-refractivity contribution in [1.82, 2.24) is 5.32 Å². The first kappa shape index (κ1) is 14.9. The Balaban J connectivity index is 2.57. The van der Waals surface area contributed by atoms with Crippen molar-refractivity contribution in [2.24, 2.45) is 0 Å². The lowest BCUT2D eigenvalue weighted by Crippen LogP contribution is -2.55. The summed E-state index contributed by atoms with van der Waals surface area (Å²) in [6.07, 6.45) is 7.32. The van der Waals surface area contributed by atoms with Gasteiger partial charge in [-0.3, -0.25) is 0 Å². The van der Waals surface area contributed by atoms with E-state index in [1.54, 1.807) is 0 Å². The molecule has 0 heterocycles. The smallest absolute Gasteiger partial charge is 0.0853 e. The first-order chi connectivity index (χ1) is 8.29. The summed E-state index contributed by atoms with van der Waals surface area (Å²) in [7, 11) is 1.86. The molecule has 0 aromatic rings. The van der Waals surface area contributed by atoms with Crippen LogP contribution in [-0.4, -0.2) is 38.5 Å². The zero-order chi connectivity index (χ0) is 12.6. The lowest BCUT2D eigenvalue weighted by Gasteiger charge is -2.42. The normalized spacial score (nSPS) is 21.4. The molecule has 1 fully saturated rings. The Morgan fingerprint density at radius 3 is 2.41 bits per heavy atom. The molecule has 0 bridgehead atoms. The number of ether oxygens (including phenoxy) is 2. The first-order valence-corrected chi connectivity index (χ1v) is 7.15. The van der Waals surface area contributed by atoms with Gasteiger partial charge in [0.1, 0.15) is 0 Å². The Bertz CT molecular complexity index is 191. The van der Waals surface area contributed by atoms with Gasteiger partial charge in [0, 0.05) is 13.7 Å². The number of methoxy groups -OCH3 is 1. The van der Waals surface area contributed by atoms with Crippen molar-refractivity contribution in [2.75, 3.05) is 26.9 Å². The Morgan fingerprint density at radius 1 is 1.18 bits per heavy atom. The number of rotatable bonds is 8. The van der Waals surface area contributed by atoms with Gasteiger partial charge in [-0.15, -0.1) is 0 Å². The van der Waals surface area contributed by atoms with Crippen molar-refractivity contribution in [3.8, 4) is 0 Å². The predicted octanol–water partition coefficient (Wildman–Crippen LogP) is 2.74. The minimum atomic E-state index is 0.00199. The highest BCUT2D eigenvalue weighted by Gasteiger charge is 2.39. The van der Waals surface area contributed by atoms with Crippen molar-refractivity contribution in [1.29, 1.82) is 0 Å². The van der Waals surface area contributed by atoms with E-state index in [2.05, 4.69) is 19.2 Å². The first-order valence-electron chi connectivity index (χ1n) is 7.15. The van der Waals surface area contributed by atoms with E-state index in [9.17, 15) is 0 Å². The van der Waals surface area contributed by atoms with Gasteiger partial charge in [0.15, 0.2) is 0 Å². The predicted molar refractivity (Wildman–Crippen MR) is 71.4 cm³/mol.